The number of carbonyl (C=O) groups excluding carboxylic acids is 1. The lowest BCUT2D eigenvalue weighted by Crippen LogP contribution is -2.70. The molecule has 7 nitrogen and oxygen atoms in total. The van der Waals surface area contributed by atoms with E-state index in [1.807, 2.05) is 0 Å². The fourth-order valence-corrected chi connectivity index (χ4v) is 3.84. The summed E-state index contributed by atoms with van der Waals surface area (Å²) < 4.78 is 63.0. The number of anilines is 1. The highest BCUT2D eigenvalue weighted by atomic mass is 32.2. The van der Waals surface area contributed by atoms with Crippen molar-refractivity contribution in [3.63, 3.8) is 0 Å². The van der Waals surface area contributed by atoms with Crippen molar-refractivity contribution in [2.24, 2.45) is 0 Å². The number of halogens is 3. The Morgan fingerprint density at radius 2 is 1.78 bits per heavy atom. The Morgan fingerprint density at radius 1 is 1.19 bits per heavy atom. The summed E-state index contributed by atoms with van der Waals surface area (Å²) in [6.07, 6.45) is -3.95. The third kappa shape index (κ3) is 3.23. The predicted molar refractivity (Wildman–Crippen MR) is 87.5 cm³/mol. The number of benzene rings is 1. The molecule has 0 atom stereocenters. The number of likely N-dealkylation sites (tertiary alicyclic amines) is 1. The predicted octanol–water partition coefficient (Wildman–Crippen LogP) is 1.25. The van der Waals surface area contributed by atoms with Gasteiger partial charge in [0.1, 0.15) is 0 Å². The maximum Gasteiger partial charge on any atom is 0.420 e. The Balaban J connectivity index is 1.83. The van der Waals surface area contributed by atoms with Crippen LogP contribution in [0, 0.1) is 0 Å². The standard InChI is InChI=1S/C16H14F3N3O4S/c17-16(18,19)15(24)8-22(9-15)14(23)13-12(20)6-11(7-21-13)27(25,26)10-4-2-1-3-5-10/h1-7,24H,8-9,20H2. The van der Waals surface area contributed by atoms with E-state index in [1.54, 1.807) is 6.07 Å². The van der Waals surface area contributed by atoms with Crippen LogP contribution in [0.25, 0.3) is 0 Å². The van der Waals surface area contributed by atoms with E-state index in [9.17, 15) is 31.5 Å². The largest absolute Gasteiger partial charge is 0.420 e. The number of carbonyl (C=O) groups is 1. The van der Waals surface area contributed by atoms with Gasteiger partial charge in [-0.2, -0.15) is 13.2 Å². The maximum absolute atomic E-state index is 12.7. The fraction of sp³-hybridized carbons (Fsp3) is 0.250. The average molecular weight is 401 g/mol. The third-order valence-corrected chi connectivity index (χ3v) is 5.91. The number of amides is 1. The van der Waals surface area contributed by atoms with Gasteiger partial charge in [0.25, 0.3) is 5.91 Å². The third-order valence-electron chi connectivity index (χ3n) is 4.18. The van der Waals surface area contributed by atoms with Crippen LogP contribution in [0.4, 0.5) is 18.9 Å². The number of nitrogens with two attached hydrogens (primary N) is 1. The van der Waals surface area contributed by atoms with E-state index >= 15 is 0 Å². The van der Waals surface area contributed by atoms with Gasteiger partial charge in [-0.3, -0.25) is 4.79 Å². The molecule has 1 aliphatic heterocycles. The minimum atomic E-state index is -4.86. The first-order valence-electron chi connectivity index (χ1n) is 7.60. The number of hydrogen-bond acceptors (Lipinski definition) is 6. The summed E-state index contributed by atoms with van der Waals surface area (Å²) in [7, 11) is -3.91. The van der Waals surface area contributed by atoms with Crippen LogP contribution in [-0.2, 0) is 9.84 Å². The number of nitrogens with zero attached hydrogens (tertiary/aromatic N) is 2. The SMILES string of the molecule is Nc1cc(S(=O)(=O)c2ccccc2)cnc1C(=O)N1CC(O)(C(F)(F)F)C1. The molecule has 0 spiro atoms. The minimum Gasteiger partial charge on any atom is -0.397 e. The zero-order valence-electron chi connectivity index (χ0n) is 13.6. The molecule has 0 radical (unpaired) electrons. The highest BCUT2D eigenvalue weighted by Crippen LogP contribution is 2.38. The van der Waals surface area contributed by atoms with Gasteiger partial charge in [0, 0.05) is 6.20 Å². The van der Waals surface area contributed by atoms with Crippen LogP contribution in [0.3, 0.4) is 0 Å². The lowest BCUT2D eigenvalue weighted by molar-refractivity contribution is -0.294. The minimum absolute atomic E-state index is 0.00302. The Kier molecular flexibility index (Phi) is 4.39. The van der Waals surface area contributed by atoms with Crippen molar-refractivity contribution in [2.45, 2.75) is 21.6 Å². The number of sulfone groups is 1. The number of β-amino-alcohol motifs (C(OH)–C–C–N with tert-alkyl or cyclic N) is 1. The molecule has 1 fully saturated rings. The molecule has 1 aromatic heterocycles. The van der Waals surface area contributed by atoms with E-state index in [-0.39, 0.29) is 21.2 Å². The van der Waals surface area contributed by atoms with Gasteiger partial charge in [-0.1, -0.05) is 18.2 Å². The monoisotopic (exact) mass is 401 g/mol. The molecule has 1 saturated heterocycles. The zero-order chi connectivity index (χ0) is 20.0. The highest BCUT2D eigenvalue weighted by Gasteiger charge is 2.62. The molecule has 3 N–H and O–H groups in total. The van der Waals surface area contributed by atoms with E-state index < -0.39 is 40.6 Å². The molecule has 1 aromatic carbocycles. The summed E-state index contributed by atoms with van der Waals surface area (Å²) in [6, 6.07) is 8.49. The van der Waals surface area contributed by atoms with Gasteiger partial charge in [0.05, 0.1) is 28.6 Å². The quantitative estimate of drug-likeness (QED) is 0.800. The first-order valence-corrected chi connectivity index (χ1v) is 9.08. The first kappa shape index (κ1) is 19.1. The summed E-state index contributed by atoms with van der Waals surface area (Å²) in [4.78, 5) is 16.5. The average Bonchev–Trinajstić information content (AvgIpc) is 2.58. The molecule has 144 valence electrons. The second-order valence-corrected chi connectivity index (χ2v) is 8.07. The molecular formula is C16H14F3N3O4S. The second-order valence-electron chi connectivity index (χ2n) is 6.12. The molecule has 2 heterocycles. The summed E-state index contributed by atoms with van der Waals surface area (Å²) in [6.45, 7) is -1.89. The molecule has 0 unspecified atom stereocenters. The van der Waals surface area contributed by atoms with Crippen LogP contribution < -0.4 is 5.73 Å². The summed E-state index contributed by atoms with van der Waals surface area (Å²) in [5, 5.41) is 9.41. The van der Waals surface area contributed by atoms with Gasteiger partial charge in [0.2, 0.25) is 9.84 Å². The Morgan fingerprint density at radius 3 is 2.30 bits per heavy atom. The first-order chi connectivity index (χ1) is 12.5. The topological polar surface area (TPSA) is 114 Å². The van der Waals surface area contributed by atoms with Crippen molar-refractivity contribution in [3.05, 3.63) is 48.3 Å². The van der Waals surface area contributed by atoms with E-state index in [2.05, 4.69) is 4.98 Å². The number of nitrogen functional groups attached to an aromatic ring is 1. The van der Waals surface area contributed by atoms with Gasteiger partial charge < -0.3 is 15.7 Å². The van der Waals surface area contributed by atoms with E-state index in [0.29, 0.717) is 0 Å². The Hall–Kier alpha value is -2.66. The Bertz CT molecular complexity index is 988. The van der Waals surface area contributed by atoms with Crippen LogP contribution in [0.2, 0.25) is 0 Å². The number of hydrogen-bond donors (Lipinski definition) is 2. The smallest absolute Gasteiger partial charge is 0.397 e. The van der Waals surface area contributed by atoms with E-state index in [0.717, 1.165) is 17.2 Å². The van der Waals surface area contributed by atoms with Gasteiger partial charge in [-0.15, -0.1) is 0 Å². The van der Waals surface area contributed by atoms with Crippen LogP contribution in [-0.4, -0.2) is 54.2 Å². The Labute approximate surface area is 152 Å². The maximum atomic E-state index is 12.7. The molecular weight excluding hydrogens is 387 g/mol. The molecule has 1 amide bonds. The van der Waals surface area contributed by atoms with E-state index in [1.165, 1.54) is 24.3 Å². The number of alkyl halides is 3. The molecule has 0 aliphatic carbocycles. The zero-order valence-corrected chi connectivity index (χ0v) is 14.5. The summed E-state index contributed by atoms with van der Waals surface area (Å²) >= 11 is 0. The molecule has 27 heavy (non-hydrogen) atoms. The fourth-order valence-electron chi connectivity index (χ4n) is 2.58. The number of rotatable bonds is 3. The van der Waals surface area contributed by atoms with Crippen molar-refractivity contribution in [3.8, 4) is 0 Å². The van der Waals surface area contributed by atoms with Crippen LogP contribution >= 0.6 is 0 Å². The normalized spacial score (nSPS) is 16.7. The molecule has 2 aromatic rings. The van der Waals surface area contributed by atoms with Gasteiger partial charge >= 0.3 is 6.18 Å². The lowest BCUT2D eigenvalue weighted by atomic mass is 9.93. The van der Waals surface area contributed by atoms with Gasteiger partial charge in [0.15, 0.2) is 11.3 Å². The van der Waals surface area contributed by atoms with Crippen molar-refractivity contribution in [2.75, 3.05) is 18.8 Å². The second kappa shape index (κ2) is 6.20. The number of aliphatic hydroxyl groups is 1. The molecule has 11 heteroatoms. The van der Waals surface area contributed by atoms with Gasteiger partial charge in [-0.05, 0) is 18.2 Å². The molecule has 3 rings (SSSR count). The number of pyridine rings is 1. The van der Waals surface area contributed by atoms with Crippen LogP contribution in [0.1, 0.15) is 10.5 Å². The van der Waals surface area contributed by atoms with Crippen molar-refractivity contribution in [1.82, 2.24) is 9.88 Å². The van der Waals surface area contributed by atoms with Crippen LogP contribution in [0.5, 0.6) is 0 Å². The van der Waals surface area contributed by atoms with Crippen molar-refractivity contribution >= 4 is 21.4 Å². The summed E-state index contributed by atoms with van der Waals surface area (Å²) in [5.74, 6) is -0.926. The highest BCUT2D eigenvalue weighted by molar-refractivity contribution is 7.91. The van der Waals surface area contributed by atoms with Crippen molar-refractivity contribution in [1.29, 1.82) is 0 Å². The molecule has 0 bridgehead atoms. The summed E-state index contributed by atoms with van der Waals surface area (Å²) in [5.41, 5.74) is 2.07. The molecule has 0 saturated carbocycles. The van der Waals surface area contributed by atoms with Gasteiger partial charge in [-0.25, -0.2) is 13.4 Å². The van der Waals surface area contributed by atoms with Crippen LogP contribution in [0.15, 0.2) is 52.4 Å². The molecule has 1 aliphatic rings. The van der Waals surface area contributed by atoms with E-state index in [4.69, 9.17) is 5.73 Å². The number of aromatic nitrogens is 1. The lowest BCUT2D eigenvalue weighted by Gasteiger charge is -2.46. The van der Waals surface area contributed by atoms with Crippen molar-refractivity contribution < 1.29 is 31.5 Å².